The lowest BCUT2D eigenvalue weighted by molar-refractivity contribution is 0.310. The maximum absolute atomic E-state index is 9.42. The van der Waals surface area contributed by atoms with Crippen molar-refractivity contribution in [1.82, 2.24) is 0 Å². The summed E-state index contributed by atoms with van der Waals surface area (Å²) in [4.78, 5) is 4.64. The van der Waals surface area contributed by atoms with Crippen LogP contribution >= 0.6 is 0 Å². The fourth-order valence-corrected chi connectivity index (χ4v) is 3.46. The molecule has 0 N–H and O–H groups in total. The zero-order valence-electron chi connectivity index (χ0n) is 11.6. The minimum atomic E-state index is -0.545. The van der Waals surface area contributed by atoms with E-state index in [1.54, 1.807) is 0 Å². The molecule has 0 amide bonds. The molecule has 0 radical (unpaired) electrons. The zero-order chi connectivity index (χ0) is 13.7. The standard InChI is InChI=1S/C17H18N2/c1-4-17-9-7-13-10-15(2,11-18)8-5-6-14(19-12-17)16(13,17)3/h5-10,12H,4H2,1-3H3/b8-5-,13-10-,14-6+. The van der Waals surface area contributed by atoms with E-state index >= 15 is 0 Å². The highest BCUT2D eigenvalue weighted by atomic mass is 14.9. The molecule has 3 unspecified atom stereocenters. The van der Waals surface area contributed by atoms with Crippen molar-refractivity contribution in [3.63, 3.8) is 0 Å². The van der Waals surface area contributed by atoms with Gasteiger partial charge in [0.1, 0.15) is 0 Å². The van der Waals surface area contributed by atoms with Crippen molar-refractivity contribution in [2.75, 3.05) is 0 Å². The summed E-state index contributed by atoms with van der Waals surface area (Å²) in [5.74, 6) is 0. The average molecular weight is 250 g/mol. The molecular weight excluding hydrogens is 232 g/mol. The first-order valence-electron chi connectivity index (χ1n) is 6.79. The Hall–Kier alpha value is -1.88. The molecule has 96 valence electrons. The van der Waals surface area contributed by atoms with Gasteiger partial charge < -0.3 is 0 Å². The topological polar surface area (TPSA) is 36.1 Å². The van der Waals surface area contributed by atoms with Crippen LogP contribution in [0.2, 0.25) is 0 Å². The van der Waals surface area contributed by atoms with Crippen molar-refractivity contribution in [3.8, 4) is 6.07 Å². The maximum atomic E-state index is 9.42. The van der Waals surface area contributed by atoms with Gasteiger partial charge in [0.15, 0.2) is 0 Å². The van der Waals surface area contributed by atoms with Gasteiger partial charge in [-0.05, 0) is 31.9 Å². The van der Waals surface area contributed by atoms with Gasteiger partial charge in [-0.1, -0.05) is 37.3 Å². The van der Waals surface area contributed by atoms with Crippen molar-refractivity contribution in [2.24, 2.45) is 21.2 Å². The first-order valence-corrected chi connectivity index (χ1v) is 6.79. The quantitative estimate of drug-likeness (QED) is 0.694. The summed E-state index contributed by atoms with van der Waals surface area (Å²) in [7, 11) is 0. The molecule has 3 aliphatic rings. The van der Waals surface area contributed by atoms with Gasteiger partial charge in [-0.25, -0.2) is 0 Å². The minimum absolute atomic E-state index is 0.0216. The summed E-state index contributed by atoms with van der Waals surface area (Å²) in [6.45, 7) is 6.40. The van der Waals surface area contributed by atoms with E-state index in [4.69, 9.17) is 0 Å². The van der Waals surface area contributed by atoms with Crippen LogP contribution in [-0.2, 0) is 0 Å². The van der Waals surface area contributed by atoms with Crippen LogP contribution in [0.15, 0.2) is 52.7 Å². The van der Waals surface area contributed by atoms with Crippen LogP contribution in [0.5, 0.6) is 0 Å². The predicted molar refractivity (Wildman–Crippen MR) is 77.5 cm³/mol. The molecule has 0 aromatic carbocycles. The van der Waals surface area contributed by atoms with Gasteiger partial charge in [-0.2, -0.15) is 5.26 Å². The van der Waals surface area contributed by atoms with Gasteiger partial charge in [0, 0.05) is 17.0 Å². The van der Waals surface area contributed by atoms with Crippen LogP contribution in [0.25, 0.3) is 0 Å². The van der Waals surface area contributed by atoms with Crippen LogP contribution in [-0.4, -0.2) is 6.21 Å². The maximum Gasteiger partial charge on any atom is 0.0914 e. The number of hydrogen-bond donors (Lipinski definition) is 0. The number of aliphatic imine (C=N–C) groups is 1. The van der Waals surface area contributed by atoms with E-state index in [9.17, 15) is 5.26 Å². The summed E-state index contributed by atoms with van der Waals surface area (Å²) in [5.41, 5.74) is 1.63. The first-order chi connectivity index (χ1) is 9.00. The smallest absolute Gasteiger partial charge is 0.0914 e. The third kappa shape index (κ3) is 1.33. The highest BCUT2D eigenvalue weighted by Gasteiger charge is 2.55. The monoisotopic (exact) mass is 250 g/mol. The lowest BCUT2D eigenvalue weighted by Crippen LogP contribution is -2.35. The summed E-state index contributed by atoms with van der Waals surface area (Å²) >= 11 is 0. The third-order valence-corrected chi connectivity index (χ3v) is 4.99. The van der Waals surface area contributed by atoms with Crippen molar-refractivity contribution in [3.05, 3.63) is 47.7 Å². The third-order valence-electron chi connectivity index (χ3n) is 4.99. The first kappa shape index (κ1) is 12.2. The van der Waals surface area contributed by atoms with Gasteiger partial charge in [-0.15, -0.1) is 0 Å². The van der Waals surface area contributed by atoms with E-state index in [1.165, 1.54) is 5.57 Å². The highest BCUT2D eigenvalue weighted by molar-refractivity contribution is 5.81. The van der Waals surface area contributed by atoms with Crippen LogP contribution < -0.4 is 0 Å². The fourth-order valence-electron chi connectivity index (χ4n) is 3.46. The van der Waals surface area contributed by atoms with Crippen molar-refractivity contribution < 1.29 is 0 Å². The molecule has 0 aromatic rings. The van der Waals surface area contributed by atoms with Crippen LogP contribution in [0.1, 0.15) is 27.2 Å². The Morgan fingerprint density at radius 3 is 2.79 bits per heavy atom. The minimum Gasteiger partial charge on any atom is -0.264 e. The van der Waals surface area contributed by atoms with Gasteiger partial charge in [0.05, 0.1) is 17.2 Å². The Bertz CT molecular complexity index is 626. The second-order valence-corrected chi connectivity index (χ2v) is 6.02. The predicted octanol–water partition coefficient (Wildman–Crippen LogP) is 3.95. The Labute approximate surface area is 114 Å². The Balaban J connectivity index is 2.27. The second-order valence-electron chi connectivity index (χ2n) is 6.02. The summed E-state index contributed by atoms with van der Waals surface area (Å²) in [6, 6.07) is 2.39. The Morgan fingerprint density at radius 1 is 1.32 bits per heavy atom. The number of allylic oxidation sites excluding steroid dienone is 7. The van der Waals surface area contributed by atoms with Gasteiger partial charge in [-0.3, -0.25) is 4.99 Å². The van der Waals surface area contributed by atoms with Crippen molar-refractivity contribution >= 4 is 6.21 Å². The Morgan fingerprint density at radius 2 is 2.11 bits per heavy atom. The molecule has 0 saturated heterocycles. The summed E-state index contributed by atoms with van der Waals surface area (Å²) in [5, 5.41) is 9.42. The molecule has 3 rings (SSSR count). The van der Waals surface area contributed by atoms with E-state index in [0.29, 0.717) is 0 Å². The molecule has 2 nitrogen and oxygen atoms in total. The Kier molecular flexibility index (Phi) is 2.29. The number of hydrogen-bond acceptors (Lipinski definition) is 2. The van der Waals surface area contributed by atoms with Crippen LogP contribution in [0.3, 0.4) is 0 Å². The largest absolute Gasteiger partial charge is 0.264 e. The molecule has 0 fully saturated rings. The van der Waals surface area contributed by atoms with E-state index < -0.39 is 5.41 Å². The second kappa shape index (κ2) is 3.57. The summed E-state index contributed by atoms with van der Waals surface area (Å²) < 4.78 is 0. The number of nitrogens with zero attached hydrogens (tertiary/aromatic N) is 2. The molecule has 1 heterocycles. The molecule has 0 saturated carbocycles. The van der Waals surface area contributed by atoms with Crippen molar-refractivity contribution in [1.29, 1.82) is 5.26 Å². The molecule has 3 atom stereocenters. The molecule has 2 heteroatoms. The highest BCUT2D eigenvalue weighted by Crippen LogP contribution is 2.61. The van der Waals surface area contributed by atoms with E-state index in [-0.39, 0.29) is 10.8 Å². The lowest BCUT2D eigenvalue weighted by atomic mass is 9.62. The van der Waals surface area contributed by atoms with E-state index in [1.807, 2.05) is 19.1 Å². The SMILES string of the molecule is CCC12C=C/C3=C/C(C)(C#N)/C=C\C=C(\N=C1)C32C. The van der Waals surface area contributed by atoms with Crippen molar-refractivity contribution in [2.45, 2.75) is 27.2 Å². The van der Waals surface area contributed by atoms with Gasteiger partial charge >= 0.3 is 0 Å². The molecule has 19 heavy (non-hydrogen) atoms. The molecule has 0 spiro atoms. The molecule has 0 bridgehead atoms. The zero-order valence-corrected chi connectivity index (χ0v) is 11.6. The molecular formula is C17H18N2. The van der Waals surface area contributed by atoms with E-state index in [2.05, 4.69) is 55.4 Å². The van der Waals surface area contributed by atoms with Gasteiger partial charge in [0.2, 0.25) is 0 Å². The number of rotatable bonds is 1. The molecule has 2 aliphatic carbocycles. The normalized spacial score (nSPS) is 49.4. The van der Waals surface area contributed by atoms with Gasteiger partial charge in [0.25, 0.3) is 0 Å². The summed E-state index contributed by atoms with van der Waals surface area (Å²) in [6.07, 6.45) is 15.6. The fraction of sp³-hybridized carbons (Fsp3) is 0.412. The van der Waals surface area contributed by atoms with Crippen LogP contribution in [0, 0.1) is 27.6 Å². The van der Waals surface area contributed by atoms with E-state index in [0.717, 1.165) is 12.1 Å². The molecule has 1 aliphatic heterocycles. The molecule has 0 aromatic heterocycles. The van der Waals surface area contributed by atoms with Crippen LogP contribution in [0.4, 0.5) is 0 Å². The number of nitriles is 1. The lowest BCUT2D eigenvalue weighted by Gasteiger charge is -2.38. The average Bonchev–Trinajstić information content (AvgIpc) is 2.81.